The topological polar surface area (TPSA) is 72.9 Å². The van der Waals surface area contributed by atoms with Gasteiger partial charge in [-0.05, 0) is 38.3 Å². The van der Waals surface area contributed by atoms with Gasteiger partial charge in [0.2, 0.25) is 0 Å². The highest BCUT2D eigenvalue weighted by Crippen LogP contribution is 2.20. The van der Waals surface area contributed by atoms with Crippen LogP contribution in [0.4, 0.5) is 4.79 Å². The van der Waals surface area contributed by atoms with Gasteiger partial charge in [-0.25, -0.2) is 9.59 Å². The van der Waals surface area contributed by atoms with Crippen LogP contribution < -0.4 is 5.32 Å². The first kappa shape index (κ1) is 15.1. The molecule has 6 nitrogen and oxygen atoms in total. The standard InChI is InChI=1S/C14H25N3O3/c1-10(2)12(13(18)19)15-14(20)17-8-5-11(9-17)16-6-3-4-7-16/h10-12H,3-9H2,1-2H3,(H,15,20)(H,18,19). The van der Waals surface area contributed by atoms with E-state index in [4.69, 9.17) is 5.11 Å². The Balaban J connectivity index is 1.85. The summed E-state index contributed by atoms with van der Waals surface area (Å²) < 4.78 is 0. The molecule has 0 aliphatic carbocycles. The van der Waals surface area contributed by atoms with Crippen molar-refractivity contribution in [1.29, 1.82) is 0 Å². The molecular formula is C14H25N3O3. The van der Waals surface area contributed by atoms with E-state index in [2.05, 4.69) is 10.2 Å². The van der Waals surface area contributed by atoms with E-state index in [1.807, 2.05) is 0 Å². The van der Waals surface area contributed by atoms with Crippen LogP contribution in [0.1, 0.15) is 33.1 Å². The second-order valence-electron chi connectivity index (χ2n) is 6.14. The number of nitrogens with zero attached hydrogens (tertiary/aromatic N) is 2. The molecule has 0 aromatic carbocycles. The van der Waals surface area contributed by atoms with Crippen LogP contribution >= 0.6 is 0 Å². The summed E-state index contributed by atoms with van der Waals surface area (Å²) in [5, 5.41) is 11.8. The Hall–Kier alpha value is -1.30. The maximum absolute atomic E-state index is 12.2. The molecule has 2 heterocycles. The molecule has 2 amide bonds. The number of rotatable bonds is 4. The SMILES string of the molecule is CC(C)C(NC(=O)N1CCC(N2CCCC2)C1)C(=O)O. The Labute approximate surface area is 120 Å². The minimum atomic E-state index is -0.969. The Bertz CT molecular complexity index is 367. The normalized spacial score (nSPS) is 25.1. The largest absolute Gasteiger partial charge is 0.480 e. The Morgan fingerprint density at radius 2 is 1.85 bits per heavy atom. The van der Waals surface area contributed by atoms with E-state index >= 15 is 0 Å². The number of urea groups is 1. The Morgan fingerprint density at radius 3 is 2.40 bits per heavy atom. The van der Waals surface area contributed by atoms with Crippen LogP contribution in [-0.2, 0) is 4.79 Å². The van der Waals surface area contributed by atoms with Crippen molar-refractivity contribution in [2.24, 2.45) is 5.92 Å². The zero-order chi connectivity index (χ0) is 14.7. The van der Waals surface area contributed by atoms with Gasteiger partial charge in [0.15, 0.2) is 0 Å². The number of hydrogen-bond acceptors (Lipinski definition) is 3. The number of likely N-dealkylation sites (tertiary alicyclic amines) is 2. The number of aliphatic carboxylic acids is 1. The van der Waals surface area contributed by atoms with Gasteiger partial charge in [-0.15, -0.1) is 0 Å². The van der Waals surface area contributed by atoms with Crippen molar-refractivity contribution in [3.05, 3.63) is 0 Å². The predicted octanol–water partition coefficient (Wildman–Crippen LogP) is 0.975. The minimum absolute atomic E-state index is 0.117. The number of carbonyl (C=O) groups is 2. The molecule has 2 unspecified atom stereocenters. The summed E-state index contributed by atoms with van der Waals surface area (Å²) in [7, 11) is 0. The summed E-state index contributed by atoms with van der Waals surface area (Å²) in [6, 6.07) is -0.605. The van der Waals surface area contributed by atoms with E-state index < -0.39 is 12.0 Å². The Kier molecular flexibility index (Phi) is 4.86. The number of hydrogen-bond donors (Lipinski definition) is 2. The van der Waals surface area contributed by atoms with E-state index in [9.17, 15) is 9.59 Å². The molecule has 2 aliphatic heterocycles. The fraction of sp³-hybridized carbons (Fsp3) is 0.857. The third-order valence-electron chi connectivity index (χ3n) is 4.32. The molecule has 2 N–H and O–H groups in total. The quantitative estimate of drug-likeness (QED) is 0.806. The van der Waals surface area contributed by atoms with Gasteiger partial charge in [0.25, 0.3) is 0 Å². The van der Waals surface area contributed by atoms with Gasteiger partial charge >= 0.3 is 12.0 Å². The van der Waals surface area contributed by atoms with E-state index in [0.29, 0.717) is 6.04 Å². The zero-order valence-corrected chi connectivity index (χ0v) is 12.3. The van der Waals surface area contributed by atoms with E-state index in [0.717, 1.165) is 32.6 Å². The van der Waals surface area contributed by atoms with Crippen molar-refractivity contribution in [2.75, 3.05) is 26.2 Å². The molecule has 2 rings (SSSR count). The van der Waals surface area contributed by atoms with Gasteiger partial charge in [-0.3, -0.25) is 4.90 Å². The molecule has 2 atom stereocenters. The van der Waals surface area contributed by atoms with Crippen LogP contribution in [0.25, 0.3) is 0 Å². The average Bonchev–Trinajstić information content (AvgIpc) is 3.04. The van der Waals surface area contributed by atoms with Gasteiger partial charge in [-0.2, -0.15) is 0 Å². The van der Waals surface area contributed by atoms with Crippen molar-refractivity contribution in [2.45, 2.75) is 45.2 Å². The lowest BCUT2D eigenvalue weighted by molar-refractivity contribution is -0.140. The van der Waals surface area contributed by atoms with Gasteiger partial charge in [-0.1, -0.05) is 13.8 Å². The molecule has 0 spiro atoms. The summed E-state index contributed by atoms with van der Waals surface area (Å²) in [5.74, 6) is -1.09. The van der Waals surface area contributed by atoms with Crippen molar-refractivity contribution in [3.8, 4) is 0 Å². The summed E-state index contributed by atoms with van der Waals surface area (Å²) in [4.78, 5) is 27.5. The molecule has 114 valence electrons. The van der Waals surface area contributed by atoms with Crippen LogP contribution in [0.2, 0.25) is 0 Å². The summed E-state index contributed by atoms with van der Waals surface area (Å²) in [6.45, 7) is 7.30. The first-order valence-electron chi connectivity index (χ1n) is 7.51. The van der Waals surface area contributed by atoms with Crippen molar-refractivity contribution in [3.63, 3.8) is 0 Å². The molecule has 2 saturated heterocycles. The first-order valence-corrected chi connectivity index (χ1v) is 7.51. The molecule has 6 heteroatoms. The van der Waals surface area contributed by atoms with Crippen LogP contribution in [0.15, 0.2) is 0 Å². The maximum atomic E-state index is 12.2. The second-order valence-corrected chi connectivity index (χ2v) is 6.14. The summed E-state index contributed by atoms with van der Waals surface area (Å²) in [5.41, 5.74) is 0. The molecule has 0 radical (unpaired) electrons. The van der Waals surface area contributed by atoms with Crippen LogP contribution in [0, 0.1) is 5.92 Å². The molecular weight excluding hydrogens is 258 g/mol. The maximum Gasteiger partial charge on any atom is 0.326 e. The minimum Gasteiger partial charge on any atom is -0.480 e. The summed E-state index contributed by atoms with van der Waals surface area (Å²) >= 11 is 0. The number of carboxylic acids is 1. The van der Waals surface area contributed by atoms with Gasteiger partial charge in [0, 0.05) is 19.1 Å². The highest BCUT2D eigenvalue weighted by atomic mass is 16.4. The van der Waals surface area contributed by atoms with E-state index in [1.54, 1.807) is 18.7 Å². The van der Waals surface area contributed by atoms with E-state index in [-0.39, 0.29) is 11.9 Å². The smallest absolute Gasteiger partial charge is 0.326 e. The van der Waals surface area contributed by atoms with Crippen molar-refractivity contribution >= 4 is 12.0 Å². The molecule has 20 heavy (non-hydrogen) atoms. The number of nitrogens with one attached hydrogen (secondary N) is 1. The van der Waals surface area contributed by atoms with Crippen LogP contribution in [-0.4, -0.2) is 65.2 Å². The molecule has 0 aromatic heterocycles. The van der Waals surface area contributed by atoms with E-state index in [1.165, 1.54) is 12.8 Å². The fourth-order valence-electron chi connectivity index (χ4n) is 3.07. The van der Waals surface area contributed by atoms with Crippen LogP contribution in [0.5, 0.6) is 0 Å². The van der Waals surface area contributed by atoms with Crippen molar-refractivity contribution < 1.29 is 14.7 Å². The highest BCUT2D eigenvalue weighted by Gasteiger charge is 2.33. The second kappa shape index (κ2) is 6.43. The monoisotopic (exact) mass is 283 g/mol. The van der Waals surface area contributed by atoms with Gasteiger partial charge < -0.3 is 15.3 Å². The molecule has 0 bridgehead atoms. The third-order valence-corrected chi connectivity index (χ3v) is 4.32. The number of amides is 2. The molecule has 0 aromatic rings. The Morgan fingerprint density at radius 1 is 1.20 bits per heavy atom. The number of carbonyl (C=O) groups excluding carboxylic acids is 1. The third kappa shape index (κ3) is 3.42. The predicted molar refractivity (Wildman–Crippen MR) is 75.6 cm³/mol. The lowest BCUT2D eigenvalue weighted by atomic mass is 10.1. The van der Waals surface area contributed by atoms with Crippen LogP contribution in [0.3, 0.4) is 0 Å². The first-order chi connectivity index (χ1) is 9.49. The average molecular weight is 283 g/mol. The molecule has 2 aliphatic rings. The summed E-state index contributed by atoms with van der Waals surface area (Å²) in [6.07, 6.45) is 3.49. The zero-order valence-electron chi connectivity index (χ0n) is 12.3. The van der Waals surface area contributed by atoms with Gasteiger partial charge in [0.1, 0.15) is 6.04 Å². The lowest BCUT2D eigenvalue weighted by Crippen LogP contribution is -2.50. The highest BCUT2D eigenvalue weighted by molar-refractivity contribution is 5.82. The van der Waals surface area contributed by atoms with Crippen molar-refractivity contribution in [1.82, 2.24) is 15.1 Å². The lowest BCUT2D eigenvalue weighted by Gasteiger charge is -2.25. The molecule has 0 saturated carbocycles. The fourth-order valence-corrected chi connectivity index (χ4v) is 3.07. The van der Waals surface area contributed by atoms with Gasteiger partial charge in [0.05, 0.1) is 0 Å². The number of carboxylic acid groups (broad SMARTS) is 1. The molecule has 2 fully saturated rings.